The minimum Gasteiger partial charge on any atom is -0.497 e. The first-order valence-corrected chi connectivity index (χ1v) is 5.73. The van der Waals surface area contributed by atoms with Crippen molar-refractivity contribution in [3.8, 4) is 5.75 Å². The lowest BCUT2D eigenvalue weighted by Gasteiger charge is -2.19. The number of rotatable bonds is 2. The van der Waals surface area contributed by atoms with Gasteiger partial charge in [-0.2, -0.15) is 0 Å². The molecule has 1 aromatic rings. The van der Waals surface area contributed by atoms with Crippen LogP contribution in [0.3, 0.4) is 0 Å². The van der Waals surface area contributed by atoms with E-state index in [2.05, 4.69) is 18.7 Å². The summed E-state index contributed by atoms with van der Waals surface area (Å²) < 4.78 is 5.23. The SMILES string of the molecule is C=CC1c2ccc(OC)cc2CCC[C@@H]1O. The van der Waals surface area contributed by atoms with Crippen molar-refractivity contribution >= 4 is 0 Å². The van der Waals surface area contributed by atoms with Crippen molar-refractivity contribution in [3.05, 3.63) is 42.0 Å². The Morgan fingerprint density at radius 3 is 3.00 bits per heavy atom. The number of fused-ring (bicyclic) bond motifs is 1. The third-order valence-corrected chi connectivity index (χ3v) is 3.32. The Kier molecular flexibility index (Phi) is 3.30. The summed E-state index contributed by atoms with van der Waals surface area (Å²) in [5, 5.41) is 10.0. The maximum atomic E-state index is 10.0. The normalized spacial score (nSPS) is 24.4. The van der Waals surface area contributed by atoms with Gasteiger partial charge in [0.25, 0.3) is 0 Å². The van der Waals surface area contributed by atoms with Crippen LogP contribution >= 0.6 is 0 Å². The summed E-state index contributed by atoms with van der Waals surface area (Å²) in [6.07, 6.45) is 4.42. The van der Waals surface area contributed by atoms with Crippen molar-refractivity contribution in [1.82, 2.24) is 0 Å². The molecule has 16 heavy (non-hydrogen) atoms. The van der Waals surface area contributed by atoms with Gasteiger partial charge in [-0.1, -0.05) is 12.1 Å². The van der Waals surface area contributed by atoms with Crippen LogP contribution in [0.25, 0.3) is 0 Å². The second-order valence-electron chi connectivity index (χ2n) is 4.29. The zero-order chi connectivity index (χ0) is 11.5. The Balaban J connectivity index is 2.44. The van der Waals surface area contributed by atoms with Crippen LogP contribution in [-0.2, 0) is 6.42 Å². The number of benzene rings is 1. The predicted octanol–water partition coefficient (Wildman–Crippen LogP) is 2.66. The van der Waals surface area contributed by atoms with Crippen LogP contribution in [0.4, 0.5) is 0 Å². The fourth-order valence-electron chi connectivity index (χ4n) is 2.42. The Bertz CT molecular complexity index is 384. The molecule has 2 rings (SSSR count). The molecule has 0 spiro atoms. The molecule has 0 saturated heterocycles. The molecular formula is C14H18O2. The van der Waals surface area contributed by atoms with E-state index in [-0.39, 0.29) is 12.0 Å². The standard InChI is InChI=1S/C14H18O2/c1-3-12-13-8-7-11(16-2)9-10(13)5-4-6-14(12)15/h3,7-9,12,14-15H,1,4-6H2,2H3/t12?,14-/m0/s1. The topological polar surface area (TPSA) is 29.5 Å². The summed E-state index contributed by atoms with van der Waals surface area (Å²) in [4.78, 5) is 0. The van der Waals surface area contributed by atoms with Gasteiger partial charge in [0.2, 0.25) is 0 Å². The number of aliphatic hydroxyl groups excluding tert-OH is 1. The second-order valence-corrected chi connectivity index (χ2v) is 4.29. The molecule has 0 fully saturated rings. The average molecular weight is 218 g/mol. The summed E-state index contributed by atoms with van der Waals surface area (Å²) in [5.41, 5.74) is 2.47. The maximum absolute atomic E-state index is 10.0. The first-order valence-electron chi connectivity index (χ1n) is 5.73. The van der Waals surface area contributed by atoms with Gasteiger partial charge in [0.1, 0.15) is 5.75 Å². The van der Waals surface area contributed by atoms with Crippen LogP contribution in [0.2, 0.25) is 0 Å². The van der Waals surface area contributed by atoms with Gasteiger partial charge in [0, 0.05) is 5.92 Å². The summed E-state index contributed by atoms with van der Waals surface area (Å²) in [7, 11) is 1.68. The average Bonchev–Trinajstić information content (AvgIpc) is 2.46. The van der Waals surface area contributed by atoms with E-state index < -0.39 is 0 Å². The molecule has 1 N–H and O–H groups in total. The lowest BCUT2D eigenvalue weighted by atomic mass is 9.91. The van der Waals surface area contributed by atoms with Gasteiger partial charge in [0.05, 0.1) is 13.2 Å². The minimum absolute atomic E-state index is 0.0587. The van der Waals surface area contributed by atoms with E-state index in [0.29, 0.717) is 0 Å². The Morgan fingerprint density at radius 2 is 2.31 bits per heavy atom. The lowest BCUT2D eigenvalue weighted by Crippen LogP contribution is -2.15. The van der Waals surface area contributed by atoms with Crippen molar-refractivity contribution < 1.29 is 9.84 Å². The van der Waals surface area contributed by atoms with Crippen molar-refractivity contribution in [2.75, 3.05) is 7.11 Å². The number of hydrogen-bond donors (Lipinski definition) is 1. The molecule has 0 radical (unpaired) electrons. The number of hydrogen-bond acceptors (Lipinski definition) is 2. The number of ether oxygens (including phenoxy) is 1. The highest BCUT2D eigenvalue weighted by Gasteiger charge is 2.23. The largest absolute Gasteiger partial charge is 0.497 e. The minimum atomic E-state index is -0.299. The van der Waals surface area contributed by atoms with E-state index in [1.807, 2.05) is 12.1 Å². The van der Waals surface area contributed by atoms with Crippen molar-refractivity contribution in [1.29, 1.82) is 0 Å². The highest BCUT2D eigenvalue weighted by molar-refractivity contribution is 5.40. The van der Waals surface area contributed by atoms with Crippen LogP contribution in [0.1, 0.15) is 29.9 Å². The molecule has 0 aliphatic heterocycles. The lowest BCUT2D eigenvalue weighted by molar-refractivity contribution is 0.150. The molecule has 86 valence electrons. The van der Waals surface area contributed by atoms with Crippen LogP contribution in [0.15, 0.2) is 30.9 Å². The van der Waals surface area contributed by atoms with E-state index in [0.717, 1.165) is 25.0 Å². The number of methoxy groups -OCH3 is 1. The first kappa shape index (κ1) is 11.2. The maximum Gasteiger partial charge on any atom is 0.119 e. The van der Waals surface area contributed by atoms with Crippen LogP contribution in [-0.4, -0.2) is 18.3 Å². The number of aryl methyl sites for hydroxylation is 1. The van der Waals surface area contributed by atoms with Crippen LogP contribution < -0.4 is 4.74 Å². The Hall–Kier alpha value is -1.28. The molecule has 2 heteroatoms. The van der Waals surface area contributed by atoms with E-state index in [9.17, 15) is 5.11 Å². The smallest absolute Gasteiger partial charge is 0.119 e. The molecule has 0 heterocycles. The van der Waals surface area contributed by atoms with Gasteiger partial charge < -0.3 is 9.84 Å². The van der Waals surface area contributed by atoms with Crippen molar-refractivity contribution in [3.63, 3.8) is 0 Å². The second kappa shape index (κ2) is 4.71. The van der Waals surface area contributed by atoms with Gasteiger partial charge in [0.15, 0.2) is 0 Å². The van der Waals surface area contributed by atoms with Gasteiger partial charge in [-0.05, 0) is 42.5 Å². The zero-order valence-electron chi connectivity index (χ0n) is 9.65. The molecule has 1 aliphatic carbocycles. The van der Waals surface area contributed by atoms with Gasteiger partial charge >= 0.3 is 0 Å². The van der Waals surface area contributed by atoms with Crippen molar-refractivity contribution in [2.24, 2.45) is 0 Å². The van der Waals surface area contributed by atoms with Gasteiger partial charge in [-0.3, -0.25) is 0 Å². The Labute approximate surface area is 96.6 Å². The third kappa shape index (κ3) is 1.98. The summed E-state index contributed by atoms with van der Waals surface area (Å²) in [6.45, 7) is 3.83. The molecule has 0 saturated carbocycles. The van der Waals surface area contributed by atoms with E-state index in [1.165, 1.54) is 11.1 Å². The Morgan fingerprint density at radius 1 is 1.50 bits per heavy atom. The molecule has 0 bridgehead atoms. The number of aliphatic hydroxyl groups is 1. The highest BCUT2D eigenvalue weighted by Crippen LogP contribution is 2.33. The van der Waals surface area contributed by atoms with Gasteiger partial charge in [-0.15, -0.1) is 6.58 Å². The van der Waals surface area contributed by atoms with Gasteiger partial charge in [-0.25, -0.2) is 0 Å². The molecule has 0 amide bonds. The fourth-order valence-corrected chi connectivity index (χ4v) is 2.42. The summed E-state index contributed by atoms with van der Waals surface area (Å²) in [5.74, 6) is 0.946. The summed E-state index contributed by atoms with van der Waals surface area (Å²) in [6, 6.07) is 6.08. The quantitative estimate of drug-likeness (QED) is 0.611. The van der Waals surface area contributed by atoms with Crippen LogP contribution in [0, 0.1) is 0 Å². The van der Waals surface area contributed by atoms with E-state index >= 15 is 0 Å². The molecule has 2 atom stereocenters. The molecule has 0 aromatic heterocycles. The molecule has 1 aromatic carbocycles. The summed E-state index contributed by atoms with van der Waals surface area (Å²) >= 11 is 0. The molecule has 1 aliphatic rings. The third-order valence-electron chi connectivity index (χ3n) is 3.32. The fraction of sp³-hybridized carbons (Fsp3) is 0.429. The van der Waals surface area contributed by atoms with E-state index in [4.69, 9.17) is 4.74 Å². The monoisotopic (exact) mass is 218 g/mol. The molecular weight excluding hydrogens is 200 g/mol. The van der Waals surface area contributed by atoms with Crippen LogP contribution in [0.5, 0.6) is 5.75 Å². The molecule has 1 unspecified atom stereocenters. The predicted molar refractivity (Wildman–Crippen MR) is 64.9 cm³/mol. The molecule has 2 nitrogen and oxygen atoms in total. The zero-order valence-corrected chi connectivity index (χ0v) is 9.65. The van der Waals surface area contributed by atoms with Crippen molar-refractivity contribution in [2.45, 2.75) is 31.3 Å². The van der Waals surface area contributed by atoms with E-state index in [1.54, 1.807) is 7.11 Å². The highest BCUT2D eigenvalue weighted by atomic mass is 16.5. The first-order chi connectivity index (χ1) is 7.76.